The van der Waals surface area contributed by atoms with Crippen LogP contribution in [0, 0.1) is 5.82 Å². The van der Waals surface area contributed by atoms with Crippen molar-refractivity contribution in [1.82, 2.24) is 0 Å². The monoisotopic (exact) mass is 237 g/mol. The molecule has 0 aliphatic rings. The van der Waals surface area contributed by atoms with Crippen molar-refractivity contribution in [1.29, 1.82) is 0 Å². The summed E-state index contributed by atoms with van der Waals surface area (Å²) in [6.07, 6.45) is 1.49. The van der Waals surface area contributed by atoms with Crippen molar-refractivity contribution in [3.8, 4) is 0 Å². The Morgan fingerprint density at radius 1 is 1.35 bits per heavy atom. The molecule has 1 rings (SSSR count). The molecule has 1 aromatic carbocycles. The molecular weight excluding hydrogens is 221 g/mol. The van der Waals surface area contributed by atoms with E-state index >= 15 is 0 Å². The maximum Gasteiger partial charge on any atom is 0.333 e. The molecule has 0 atom stereocenters. The summed E-state index contributed by atoms with van der Waals surface area (Å²) in [4.78, 5) is 10.8. The summed E-state index contributed by atoms with van der Waals surface area (Å²) in [6, 6.07) is 6.12. The van der Waals surface area contributed by atoms with Crippen molar-refractivity contribution < 1.29 is 14.3 Å². The first-order valence-electron chi connectivity index (χ1n) is 5.49. The van der Waals surface area contributed by atoms with E-state index in [1.54, 1.807) is 19.1 Å². The quantitative estimate of drug-likeness (QED) is 0.773. The highest BCUT2D eigenvalue weighted by Crippen LogP contribution is 2.12. The van der Waals surface area contributed by atoms with E-state index in [1.807, 2.05) is 0 Å². The average Bonchev–Trinajstić information content (AvgIpc) is 2.28. The molecule has 3 N–H and O–H groups in total. The lowest BCUT2D eigenvalue weighted by molar-refractivity contribution is -0.132. The van der Waals surface area contributed by atoms with Crippen molar-refractivity contribution in [2.45, 2.75) is 26.2 Å². The first-order chi connectivity index (χ1) is 8.04. The van der Waals surface area contributed by atoms with E-state index in [1.165, 1.54) is 12.1 Å². The Morgan fingerprint density at radius 3 is 2.41 bits per heavy atom. The van der Waals surface area contributed by atoms with Crippen molar-refractivity contribution in [2.75, 3.05) is 0 Å². The van der Waals surface area contributed by atoms with Crippen molar-refractivity contribution in [3.05, 3.63) is 46.9 Å². The van der Waals surface area contributed by atoms with Gasteiger partial charge in [0.25, 0.3) is 0 Å². The van der Waals surface area contributed by atoms with E-state index in [4.69, 9.17) is 10.8 Å². The van der Waals surface area contributed by atoms with Crippen LogP contribution in [0.3, 0.4) is 0 Å². The maximum atomic E-state index is 12.7. The number of aliphatic carboxylic acids is 1. The minimum atomic E-state index is -0.968. The lowest BCUT2D eigenvalue weighted by Crippen LogP contribution is -2.10. The molecule has 0 saturated heterocycles. The smallest absolute Gasteiger partial charge is 0.333 e. The fourth-order valence-corrected chi connectivity index (χ4v) is 1.60. The second-order valence-corrected chi connectivity index (χ2v) is 3.79. The highest BCUT2D eigenvalue weighted by molar-refractivity contribution is 5.87. The SMILES string of the molecule is CCC(C(=O)O)=C(N)CCc1ccc(F)cc1. The number of halogens is 1. The molecular formula is C13H16FNO2. The van der Waals surface area contributed by atoms with Gasteiger partial charge in [-0.2, -0.15) is 0 Å². The van der Waals surface area contributed by atoms with Gasteiger partial charge in [0, 0.05) is 5.70 Å². The molecule has 0 unspecified atom stereocenters. The minimum absolute atomic E-state index is 0.257. The van der Waals surface area contributed by atoms with Gasteiger partial charge in [0.2, 0.25) is 0 Å². The van der Waals surface area contributed by atoms with Crippen LogP contribution in [0.5, 0.6) is 0 Å². The van der Waals surface area contributed by atoms with Crippen LogP contribution in [0.25, 0.3) is 0 Å². The van der Waals surface area contributed by atoms with Crippen LogP contribution in [-0.4, -0.2) is 11.1 Å². The molecule has 0 radical (unpaired) electrons. The number of aryl methyl sites for hydroxylation is 1. The van der Waals surface area contributed by atoms with Crippen LogP contribution in [0.15, 0.2) is 35.5 Å². The van der Waals surface area contributed by atoms with Gasteiger partial charge >= 0.3 is 5.97 Å². The number of allylic oxidation sites excluding steroid dienone is 1. The molecule has 92 valence electrons. The zero-order valence-corrected chi connectivity index (χ0v) is 9.74. The second-order valence-electron chi connectivity index (χ2n) is 3.79. The van der Waals surface area contributed by atoms with E-state index in [0.717, 1.165) is 5.56 Å². The summed E-state index contributed by atoms with van der Waals surface area (Å²) >= 11 is 0. The maximum absolute atomic E-state index is 12.7. The number of benzene rings is 1. The lowest BCUT2D eigenvalue weighted by atomic mass is 10.0. The number of hydrogen-bond donors (Lipinski definition) is 2. The van der Waals surface area contributed by atoms with E-state index in [-0.39, 0.29) is 11.4 Å². The summed E-state index contributed by atoms with van der Waals surface area (Å²) in [6.45, 7) is 1.76. The molecule has 1 aromatic rings. The highest BCUT2D eigenvalue weighted by Gasteiger charge is 2.09. The van der Waals surface area contributed by atoms with Crippen molar-refractivity contribution in [3.63, 3.8) is 0 Å². The third-order valence-electron chi connectivity index (χ3n) is 2.60. The summed E-state index contributed by atoms with van der Waals surface area (Å²) in [5.41, 5.74) is 7.32. The minimum Gasteiger partial charge on any atom is -0.478 e. The van der Waals surface area contributed by atoms with Crippen LogP contribution < -0.4 is 5.73 Å². The number of carboxylic acids is 1. The summed E-state index contributed by atoms with van der Waals surface area (Å²) < 4.78 is 12.7. The Balaban J connectivity index is 2.67. The van der Waals surface area contributed by atoms with Crippen molar-refractivity contribution >= 4 is 5.97 Å². The zero-order valence-electron chi connectivity index (χ0n) is 9.74. The molecule has 0 heterocycles. The van der Waals surface area contributed by atoms with Gasteiger partial charge in [-0.15, -0.1) is 0 Å². The molecule has 0 aliphatic carbocycles. The third-order valence-corrected chi connectivity index (χ3v) is 2.60. The van der Waals surface area contributed by atoms with Gasteiger partial charge in [-0.05, 0) is 37.0 Å². The molecule has 0 bridgehead atoms. The molecule has 17 heavy (non-hydrogen) atoms. The van der Waals surface area contributed by atoms with Crippen LogP contribution in [0.2, 0.25) is 0 Å². The Morgan fingerprint density at radius 2 is 1.94 bits per heavy atom. The summed E-state index contributed by atoms with van der Waals surface area (Å²) in [5, 5.41) is 8.89. The Bertz CT molecular complexity index is 424. The van der Waals surface area contributed by atoms with Gasteiger partial charge in [0.15, 0.2) is 0 Å². The Hall–Kier alpha value is -1.84. The van der Waals surface area contributed by atoms with Gasteiger partial charge in [-0.25, -0.2) is 9.18 Å². The summed E-state index contributed by atoms with van der Waals surface area (Å²) in [5.74, 6) is -1.25. The van der Waals surface area contributed by atoms with Crippen LogP contribution in [0.4, 0.5) is 4.39 Å². The number of rotatable bonds is 5. The molecule has 0 aliphatic heterocycles. The third kappa shape index (κ3) is 3.90. The van der Waals surface area contributed by atoms with Crippen LogP contribution in [-0.2, 0) is 11.2 Å². The number of carboxylic acid groups (broad SMARTS) is 1. The lowest BCUT2D eigenvalue weighted by Gasteiger charge is -2.06. The van der Waals surface area contributed by atoms with Gasteiger partial charge in [0.1, 0.15) is 5.82 Å². The summed E-state index contributed by atoms with van der Waals surface area (Å²) in [7, 11) is 0. The van der Waals surface area contributed by atoms with Crippen LogP contribution >= 0.6 is 0 Å². The molecule has 0 amide bonds. The number of nitrogens with two attached hydrogens (primary N) is 1. The Labute approximate surface area is 99.8 Å². The fraction of sp³-hybridized carbons (Fsp3) is 0.308. The first kappa shape index (κ1) is 13.2. The predicted molar refractivity (Wildman–Crippen MR) is 63.9 cm³/mol. The molecule has 0 spiro atoms. The first-order valence-corrected chi connectivity index (χ1v) is 5.49. The molecule has 3 nitrogen and oxygen atoms in total. The molecule has 0 fully saturated rings. The normalized spacial score (nSPS) is 12.1. The van der Waals surface area contributed by atoms with E-state index < -0.39 is 5.97 Å². The van der Waals surface area contributed by atoms with Crippen molar-refractivity contribution in [2.24, 2.45) is 5.73 Å². The largest absolute Gasteiger partial charge is 0.478 e. The van der Waals surface area contributed by atoms with Gasteiger partial charge in [-0.1, -0.05) is 19.1 Å². The van der Waals surface area contributed by atoms with E-state index in [0.29, 0.717) is 25.0 Å². The Kier molecular flexibility index (Phi) is 4.69. The number of hydrogen-bond acceptors (Lipinski definition) is 2. The average molecular weight is 237 g/mol. The van der Waals surface area contributed by atoms with Gasteiger partial charge in [-0.3, -0.25) is 0 Å². The van der Waals surface area contributed by atoms with E-state index in [2.05, 4.69) is 0 Å². The van der Waals surface area contributed by atoms with E-state index in [9.17, 15) is 9.18 Å². The fourth-order valence-electron chi connectivity index (χ4n) is 1.60. The second kappa shape index (κ2) is 6.03. The molecule has 4 heteroatoms. The zero-order chi connectivity index (χ0) is 12.8. The highest BCUT2D eigenvalue weighted by atomic mass is 19.1. The standard InChI is InChI=1S/C13H16FNO2/c1-2-11(13(16)17)12(15)8-5-9-3-6-10(14)7-4-9/h3-4,6-7H,2,5,8,15H2,1H3,(H,16,17). The molecule has 0 aromatic heterocycles. The predicted octanol–water partition coefficient (Wildman–Crippen LogP) is 2.47. The van der Waals surface area contributed by atoms with Crippen LogP contribution in [0.1, 0.15) is 25.3 Å². The molecule has 0 saturated carbocycles. The van der Waals surface area contributed by atoms with Gasteiger partial charge in [0.05, 0.1) is 5.57 Å². The number of carbonyl (C=O) groups is 1. The van der Waals surface area contributed by atoms with Gasteiger partial charge < -0.3 is 10.8 Å². The topological polar surface area (TPSA) is 63.3 Å².